The van der Waals surface area contributed by atoms with Gasteiger partial charge in [-0.3, -0.25) is 4.79 Å². The van der Waals surface area contributed by atoms with Crippen molar-refractivity contribution < 1.29 is 14.3 Å². The third kappa shape index (κ3) is 3.99. The molecule has 0 saturated carbocycles. The molecule has 0 atom stereocenters. The summed E-state index contributed by atoms with van der Waals surface area (Å²) in [5.41, 5.74) is 4.01. The topological polar surface area (TPSA) is 35.5 Å². The normalized spacial score (nSPS) is 12.7. The standard InChI is InChI=1S/C22H17BrO3S/c23-11-22-20(16-4-2-1-3-5-16)10-19(27-22)14-25-18-7-6-17-8-15(12-24)13-26-21(17)9-18/h1-10,12H,11,13-14H2. The Morgan fingerprint density at radius 2 is 2.00 bits per heavy atom. The van der Waals surface area contributed by atoms with Crippen LogP contribution >= 0.6 is 27.3 Å². The number of alkyl halides is 1. The maximum absolute atomic E-state index is 10.9. The number of fused-ring (bicyclic) bond motifs is 1. The van der Waals surface area contributed by atoms with Gasteiger partial charge in [0.1, 0.15) is 31.0 Å². The predicted molar refractivity (Wildman–Crippen MR) is 113 cm³/mol. The SMILES string of the molecule is O=CC1=Cc2ccc(OCc3cc(-c4ccccc4)c(CBr)s3)cc2OC1. The molecule has 0 fully saturated rings. The van der Waals surface area contributed by atoms with Crippen LogP contribution in [-0.2, 0) is 16.7 Å². The lowest BCUT2D eigenvalue weighted by molar-refractivity contribution is -0.105. The fraction of sp³-hybridized carbons (Fsp3) is 0.136. The molecule has 0 radical (unpaired) electrons. The molecule has 5 heteroatoms. The lowest BCUT2D eigenvalue weighted by Gasteiger charge is -2.16. The van der Waals surface area contributed by atoms with Gasteiger partial charge in [0, 0.05) is 32.3 Å². The highest BCUT2D eigenvalue weighted by atomic mass is 79.9. The van der Waals surface area contributed by atoms with Gasteiger partial charge in [0.15, 0.2) is 0 Å². The van der Waals surface area contributed by atoms with Crippen molar-refractivity contribution in [1.82, 2.24) is 0 Å². The number of benzene rings is 2. The summed E-state index contributed by atoms with van der Waals surface area (Å²) in [4.78, 5) is 13.3. The highest BCUT2D eigenvalue weighted by Gasteiger charge is 2.13. The second kappa shape index (κ2) is 8.11. The lowest BCUT2D eigenvalue weighted by atomic mass is 10.1. The van der Waals surface area contributed by atoms with Gasteiger partial charge in [-0.1, -0.05) is 46.3 Å². The van der Waals surface area contributed by atoms with Gasteiger partial charge in [-0.15, -0.1) is 11.3 Å². The van der Waals surface area contributed by atoms with E-state index in [9.17, 15) is 4.79 Å². The number of halogens is 1. The molecule has 1 aliphatic rings. The molecular weight excluding hydrogens is 424 g/mol. The molecule has 0 bridgehead atoms. The zero-order valence-electron chi connectivity index (χ0n) is 14.5. The second-order valence-electron chi connectivity index (χ2n) is 6.16. The minimum Gasteiger partial charge on any atom is -0.488 e. The summed E-state index contributed by atoms with van der Waals surface area (Å²) in [6, 6.07) is 18.3. The Bertz CT molecular complexity index is 992. The average molecular weight is 441 g/mol. The highest BCUT2D eigenvalue weighted by Crippen LogP contribution is 2.35. The number of carbonyl (C=O) groups is 1. The quantitative estimate of drug-likeness (QED) is 0.355. The summed E-state index contributed by atoms with van der Waals surface area (Å²) in [6.45, 7) is 0.811. The van der Waals surface area contributed by atoms with E-state index < -0.39 is 0 Å². The Kier molecular flexibility index (Phi) is 5.41. The highest BCUT2D eigenvalue weighted by molar-refractivity contribution is 9.08. The van der Waals surface area contributed by atoms with Crippen LogP contribution in [-0.4, -0.2) is 12.9 Å². The van der Waals surface area contributed by atoms with E-state index in [0.717, 1.165) is 28.7 Å². The van der Waals surface area contributed by atoms with Gasteiger partial charge in [-0.2, -0.15) is 0 Å². The molecule has 4 rings (SSSR count). The minimum atomic E-state index is 0.305. The third-order valence-corrected chi connectivity index (χ3v) is 6.36. The van der Waals surface area contributed by atoms with Crippen LogP contribution in [0.15, 0.2) is 60.2 Å². The number of ether oxygens (including phenoxy) is 2. The largest absolute Gasteiger partial charge is 0.488 e. The zero-order chi connectivity index (χ0) is 18.6. The molecule has 3 aromatic rings. The van der Waals surface area contributed by atoms with Crippen molar-refractivity contribution in [3.05, 3.63) is 75.5 Å². The van der Waals surface area contributed by atoms with Crippen LogP contribution in [0.4, 0.5) is 0 Å². The van der Waals surface area contributed by atoms with Gasteiger partial charge in [0.05, 0.1) is 0 Å². The molecule has 1 aliphatic heterocycles. The number of aldehydes is 1. The van der Waals surface area contributed by atoms with Gasteiger partial charge in [0.2, 0.25) is 0 Å². The van der Waals surface area contributed by atoms with Gasteiger partial charge < -0.3 is 9.47 Å². The predicted octanol–water partition coefficient (Wildman–Crippen LogP) is 5.86. The Labute approximate surface area is 170 Å². The Morgan fingerprint density at radius 1 is 1.15 bits per heavy atom. The first-order valence-corrected chi connectivity index (χ1v) is 10.5. The van der Waals surface area contributed by atoms with Crippen LogP contribution in [0.5, 0.6) is 11.5 Å². The van der Waals surface area contributed by atoms with E-state index in [4.69, 9.17) is 9.47 Å². The number of rotatable bonds is 6. The molecule has 0 N–H and O–H groups in total. The summed E-state index contributed by atoms with van der Waals surface area (Å²) >= 11 is 5.34. The number of hydrogen-bond donors (Lipinski definition) is 0. The number of thiophene rings is 1. The minimum absolute atomic E-state index is 0.305. The average Bonchev–Trinajstić information content (AvgIpc) is 3.15. The van der Waals surface area contributed by atoms with Crippen LogP contribution < -0.4 is 9.47 Å². The van der Waals surface area contributed by atoms with Crippen molar-refractivity contribution in [1.29, 1.82) is 0 Å². The van der Waals surface area contributed by atoms with Crippen LogP contribution in [0.3, 0.4) is 0 Å². The number of carbonyl (C=O) groups excluding carboxylic acids is 1. The zero-order valence-corrected chi connectivity index (χ0v) is 16.9. The first-order chi connectivity index (χ1) is 13.3. The van der Waals surface area contributed by atoms with Gasteiger partial charge in [-0.05, 0) is 35.4 Å². The van der Waals surface area contributed by atoms with Crippen molar-refractivity contribution in [3.63, 3.8) is 0 Å². The fourth-order valence-electron chi connectivity index (χ4n) is 2.99. The van der Waals surface area contributed by atoms with Crippen molar-refractivity contribution in [3.8, 4) is 22.6 Å². The summed E-state index contributed by atoms with van der Waals surface area (Å²) in [5, 5.41) is 0.819. The maximum Gasteiger partial charge on any atom is 0.149 e. The molecule has 1 aromatic heterocycles. The molecule has 2 heterocycles. The third-order valence-electron chi connectivity index (χ3n) is 4.32. The summed E-state index contributed by atoms with van der Waals surface area (Å²) in [5.74, 6) is 1.50. The molecule has 0 amide bonds. The second-order valence-corrected chi connectivity index (χ2v) is 7.95. The van der Waals surface area contributed by atoms with Crippen LogP contribution in [0.1, 0.15) is 15.3 Å². The Hall–Kier alpha value is -2.37. The molecule has 2 aromatic carbocycles. The van der Waals surface area contributed by atoms with E-state index in [1.807, 2.05) is 30.3 Å². The van der Waals surface area contributed by atoms with E-state index in [2.05, 4.69) is 46.3 Å². The number of hydrogen-bond acceptors (Lipinski definition) is 4. The monoisotopic (exact) mass is 440 g/mol. The van der Waals surface area contributed by atoms with Crippen molar-refractivity contribution in [2.24, 2.45) is 0 Å². The molecule has 3 nitrogen and oxygen atoms in total. The molecule has 0 aliphatic carbocycles. The van der Waals surface area contributed by atoms with Gasteiger partial charge in [0.25, 0.3) is 0 Å². The van der Waals surface area contributed by atoms with Crippen molar-refractivity contribution in [2.75, 3.05) is 6.61 Å². The summed E-state index contributed by atoms with van der Waals surface area (Å²) in [7, 11) is 0. The van der Waals surface area contributed by atoms with Crippen LogP contribution in [0.2, 0.25) is 0 Å². The van der Waals surface area contributed by atoms with Crippen molar-refractivity contribution in [2.45, 2.75) is 11.9 Å². The van der Waals surface area contributed by atoms with Crippen LogP contribution in [0.25, 0.3) is 17.2 Å². The van der Waals surface area contributed by atoms with Crippen LogP contribution in [0, 0.1) is 0 Å². The van der Waals surface area contributed by atoms with E-state index in [0.29, 0.717) is 18.8 Å². The Balaban J connectivity index is 1.50. The Morgan fingerprint density at radius 3 is 2.78 bits per heavy atom. The first-order valence-electron chi connectivity index (χ1n) is 8.55. The van der Waals surface area contributed by atoms with E-state index in [1.165, 1.54) is 20.9 Å². The smallest absolute Gasteiger partial charge is 0.149 e. The summed E-state index contributed by atoms with van der Waals surface area (Å²) < 4.78 is 11.6. The summed E-state index contributed by atoms with van der Waals surface area (Å²) in [6.07, 6.45) is 2.68. The van der Waals surface area contributed by atoms with Gasteiger partial charge in [-0.25, -0.2) is 0 Å². The van der Waals surface area contributed by atoms with E-state index in [1.54, 1.807) is 11.3 Å². The van der Waals surface area contributed by atoms with E-state index in [-0.39, 0.29) is 0 Å². The lowest BCUT2D eigenvalue weighted by Crippen LogP contribution is -2.08. The molecule has 136 valence electrons. The maximum atomic E-state index is 10.9. The fourth-order valence-corrected chi connectivity index (χ4v) is 4.59. The first kappa shape index (κ1) is 18.0. The molecule has 0 unspecified atom stereocenters. The molecule has 0 saturated heterocycles. The van der Waals surface area contributed by atoms with Crippen molar-refractivity contribution >= 4 is 39.6 Å². The molecular formula is C22H17BrO3S. The van der Waals surface area contributed by atoms with E-state index >= 15 is 0 Å². The molecule has 0 spiro atoms. The molecule has 27 heavy (non-hydrogen) atoms. The van der Waals surface area contributed by atoms with Gasteiger partial charge >= 0.3 is 0 Å².